The van der Waals surface area contributed by atoms with Crippen molar-refractivity contribution in [2.75, 3.05) is 6.54 Å². The van der Waals surface area contributed by atoms with Gasteiger partial charge in [0.05, 0.1) is 6.54 Å². The average molecular weight is 220 g/mol. The van der Waals surface area contributed by atoms with E-state index < -0.39 is 0 Å². The van der Waals surface area contributed by atoms with Crippen LogP contribution in [0.25, 0.3) is 0 Å². The van der Waals surface area contributed by atoms with Crippen LogP contribution in [0.3, 0.4) is 0 Å². The van der Waals surface area contributed by atoms with Gasteiger partial charge in [0.25, 0.3) is 0 Å². The van der Waals surface area contributed by atoms with Crippen molar-refractivity contribution in [1.29, 1.82) is 0 Å². The fourth-order valence-electron chi connectivity index (χ4n) is 1.15. The van der Waals surface area contributed by atoms with E-state index >= 15 is 0 Å². The van der Waals surface area contributed by atoms with Crippen LogP contribution in [0.15, 0.2) is 6.33 Å². The number of fused-ring (bicyclic) bond motifs is 1. The zero-order chi connectivity index (χ0) is 8.39. The van der Waals surface area contributed by atoms with E-state index in [0.29, 0.717) is 0 Å². The lowest BCUT2D eigenvalue weighted by Gasteiger charge is -2.23. The Kier molecular flexibility index (Phi) is 2.84. The van der Waals surface area contributed by atoms with Crippen LogP contribution in [0.1, 0.15) is 5.82 Å². The number of hydrogen-bond acceptors (Lipinski definition) is 6. The molecule has 4 nitrogen and oxygen atoms in total. The minimum Gasteiger partial charge on any atom is -0.315 e. The molecular weight excluding hydrogens is 212 g/mol. The van der Waals surface area contributed by atoms with E-state index in [9.17, 15) is 0 Å². The summed E-state index contributed by atoms with van der Waals surface area (Å²) in [6.45, 7) is 2.87. The van der Waals surface area contributed by atoms with Crippen LogP contribution in [0.2, 0.25) is 0 Å². The summed E-state index contributed by atoms with van der Waals surface area (Å²) in [6.07, 6.45) is 1.78. The van der Waals surface area contributed by atoms with Crippen LogP contribution < -0.4 is 0 Å². The highest BCUT2D eigenvalue weighted by atomic mass is 33.5. The molecule has 66 valence electrons. The van der Waals surface area contributed by atoms with E-state index in [4.69, 9.17) is 0 Å². The molecule has 1 aliphatic heterocycles. The van der Waals surface area contributed by atoms with Crippen LogP contribution in [0.5, 0.6) is 0 Å². The quantitative estimate of drug-likeness (QED) is 0.461. The molecule has 0 aromatic carbocycles. The van der Waals surface area contributed by atoms with Gasteiger partial charge in [0.1, 0.15) is 12.2 Å². The first kappa shape index (κ1) is 8.74. The summed E-state index contributed by atoms with van der Waals surface area (Å²) in [5.41, 5.74) is 0. The van der Waals surface area contributed by atoms with Gasteiger partial charge >= 0.3 is 0 Å². The largest absolute Gasteiger partial charge is 0.315 e. The molecule has 1 aromatic heterocycles. The normalized spacial score (nSPS) is 17.8. The number of nitrogens with zero attached hydrogens (tertiary/aromatic N) is 4. The third-order valence-electron chi connectivity index (χ3n) is 1.74. The summed E-state index contributed by atoms with van der Waals surface area (Å²) in [7, 11) is 3.12. The first-order valence-corrected chi connectivity index (χ1v) is 6.66. The maximum absolute atomic E-state index is 4.08. The summed E-state index contributed by atoms with van der Waals surface area (Å²) in [5, 5.41) is 7.86. The molecule has 7 heteroatoms. The summed E-state index contributed by atoms with van der Waals surface area (Å²) in [5.74, 6) is 1.04. The maximum atomic E-state index is 4.08. The van der Waals surface area contributed by atoms with E-state index in [1.165, 1.54) is 9.83 Å². The van der Waals surface area contributed by atoms with Crippen molar-refractivity contribution in [3.05, 3.63) is 12.2 Å². The van der Waals surface area contributed by atoms with Crippen LogP contribution >= 0.6 is 32.5 Å². The van der Waals surface area contributed by atoms with Crippen LogP contribution in [0, 0.1) is 0 Å². The molecule has 0 fully saturated rings. The lowest BCUT2D eigenvalue weighted by molar-refractivity contribution is 0.371. The van der Waals surface area contributed by atoms with Gasteiger partial charge in [-0.15, -0.1) is 10.2 Å². The Morgan fingerprint density at radius 2 is 2.42 bits per heavy atom. The Morgan fingerprint density at radius 1 is 1.50 bits per heavy atom. The van der Waals surface area contributed by atoms with Gasteiger partial charge in [-0.25, -0.2) is 4.31 Å². The molecule has 0 saturated carbocycles. The maximum Gasteiger partial charge on any atom is 0.148 e. The van der Waals surface area contributed by atoms with Crippen molar-refractivity contribution >= 4 is 32.5 Å². The molecule has 0 aliphatic carbocycles. The van der Waals surface area contributed by atoms with Gasteiger partial charge in [0, 0.05) is 24.1 Å². The lowest BCUT2D eigenvalue weighted by atomic mass is 10.4. The van der Waals surface area contributed by atoms with Crippen molar-refractivity contribution in [2.45, 2.75) is 13.1 Å². The van der Waals surface area contributed by atoms with E-state index in [0.717, 1.165) is 25.5 Å². The highest BCUT2D eigenvalue weighted by Gasteiger charge is 2.17. The topological polar surface area (TPSA) is 34.0 Å². The minimum atomic E-state index is 0.859. The molecule has 0 unspecified atom stereocenters. The van der Waals surface area contributed by atoms with E-state index in [1.807, 2.05) is 0 Å². The Morgan fingerprint density at radius 3 is 3.25 bits per heavy atom. The van der Waals surface area contributed by atoms with Gasteiger partial charge < -0.3 is 4.57 Å². The molecule has 1 aromatic rings. The molecule has 0 amide bonds. The predicted molar refractivity (Wildman–Crippen MR) is 54.6 cm³/mol. The molecule has 0 atom stereocenters. The van der Waals surface area contributed by atoms with Gasteiger partial charge in [-0.3, -0.25) is 0 Å². The van der Waals surface area contributed by atoms with Crippen LogP contribution in [-0.4, -0.2) is 25.6 Å². The van der Waals surface area contributed by atoms with Gasteiger partial charge in [-0.05, 0) is 9.83 Å². The Balaban J connectivity index is 2.05. The molecular formula is C5H8N4S3. The summed E-state index contributed by atoms with van der Waals surface area (Å²) >= 11 is 4.08. The number of aromatic nitrogens is 3. The zero-order valence-electron chi connectivity index (χ0n) is 6.25. The van der Waals surface area contributed by atoms with Crippen molar-refractivity contribution in [3.8, 4) is 0 Å². The molecule has 0 bridgehead atoms. The summed E-state index contributed by atoms with van der Waals surface area (Å²) in [6, 6.07) is 0. The Labute approximate surface area is 83.4 Å². The smallest absolute Gasteiger partial charge is 0.148 e. The van der Waals surface area contributed by atoms with Gasteiger partial charge in [0.2, 0.25) is 0 Å². The Bertz CT molecular complexity index is 263. The van der Waals surface area contributed by atoms with Crippen molar-refractivity contribution in [3.63, 3.8) is 0 Å². The molecule has 2 rings (SSSR count). The van der Waals surface area contributed by atoms with E-state index in [-0.39, 0.29) is 0 Å². The molecule has 0 saturated heterocycles. The number of thiol groups is 1. The number of hydrogen-bond donors (Lipinski definition) is 1. The zero-order valence-corrected chi connectivity index (χ0v) is 8.78. The third-order valence-corrected chi connectivity index (χ3v) is 3.76. The summed E-state index contributed by atoms with van der Waals surface area (Å²) < 4.78 is 4.31. The van der Waals surface area contributed by atoms with E-state index in [2.05, 4.69) is 30.7 Å². The van der Waals surface area contributed by atoms with Crippen molar-refractivity contribution in [1.82, 2.24) is 19.1 Å². The predicted octanol–water partition coefficient (Wildman–Crippen LogP) is 1.23. The monoisotopic (exact) mass is 220 g/mol. The molecule has 1 aliphatic rings. The highest BCUT2D eigenvalue weighted by Crippen LogP contribution is 2.31. The second-order valence-corrected chi connectivity index (χ2v) is 5.50. The Hall–Kier alpha value is 0.150. The second kappa shape index (κ2) is 3.91. The molecule has 12 heavy (non-hydrogen) atoms. The number of rotatable bonds is 2. The van der Waals surface area contributed by atoms with Crippen molar-refractivity contribution in [2.24, 2.45) is 0 Å². The van der Waals surface area contributed by atoms with E-state index in [1.54, 1.807) is 17.3 Å². The van der Waals surface area contributed by atoms with Gasteiger partial charge in [-0.2, -0.15) is 0 Å². The van der Waals surface area contributed by atoms with Gasteiger partial charge in [0.15, 0.2) is 0 Å². The second-order valence-electron chi connectivity index (χ2n) is 2.45. The molecule has 0 spiro atoms. The van der Waals surface area contributed by atoms with Crippen molar-refractivity contribution < 1.29 is 0 Å². The summed E-state index contributed by atoms with van der Waals surface area (Å²) in [4.78, 5) is 0. The minimum absolute atomic E-state index is 0.859. The lowest BCUT2D eigenvalue weighted by Crippen LogP contribution is -2.27. The standard InChI is InChI=1S/C5H8N4S3/c10-12-11-9-2-1-8-4-6-7-5(8)3-9/h4,10H,1-3H2. The van der Waals surface area contributed by atoms with Crippen LogP contribution in [-0.2, 0) is 13.1 Å². The molecule has 0 radical (unpaired) electrons. The molecule has 2 heterocycles. The average Bonchev–Trinajstić information content (AvgIpc) is 2.51. The fourth-order valence-corrected chi connectivity index (χ4v) is 3.09. The first-order valence-electron chi connectivity index (χ1n) is 3.50. The van der Waals surface area contributed by atoms with Gasteiger partial charge in [-0.1, -0.05) is 11.7 Å². The first-order chi connectivity index (χ1) is 5.90. The third kappa shape index (κ3) is 1.73. The highest BCUT2D eigenvalue weighted by molar-refractivity contribution is 9.04. The molecule has 0 N–H and O–H groups in total. The van der Waals surface area contributed by atoms with Crippen LogP contribution in [0.4, 0.5) is 0 Å². The fraction of sp³-hybridized carbons (Fsp3) is 0.600. The SMILES string of the molecule is SSSN1CCn2cnnc2C1.